The Bertz CT molecular complexity index is 930. The van der Waals surface area contributed by atoms with E-state index in [4.69, 9.17) is 0 Å². The van der Waals surface area contributed by atoms with Crippen molar-refractivity contribution in [3.8, 4) is 0 Å². The minimum atomic E-state index is -0.0714. The summed E-state index contributed by atoms with van der Waals surface area (Å²) in [6.07, 6.45) is 1.11. The van der Waals surface area contributed by atoms with Crippen molar-refractivity contribution in [2.45, 2.75) is 19.8 Å². The van der Waals surface area contributed by atoms with E-state index in [1.165, 1.54) is 0 Å². The maximum absolute atomic E-state index is 12.3. The zero-order valence-corrected chi connectivity index (χ0v) is 16.2. The molecular weight excluding hydrogens is 352 g/mol. The minimum Gasteiger partial charge on any atom is -0.354 e. The Labute approximate surface area is 165 Å². The second kappa shape index (κ2) is 8.39. The molecule has 7 nitrogen and oxygen atoms in total. The number of carbonyl (C=O) groups excluding carboxylic acids is 1. The molecule has 0 unspecified atom stereocenters. The van der Waals surface area contributed by atoms with E-state index in [9.17, 15) is 4.79 Å². The van der Waals surface area contributed by atoms with Crippen LogP contribution in [0.25, 0.3) is 5.65 Å². The van der Waals surface area contributed by atoms with E-state index in [0.29, 0.717) is 18.8 Å². The van der Waals surface area contributed by atoms with Gasteiger partial charge in [-0.2, -0.15) is 9.50 Å². The first-order valence-electron chi connectivity index (χ1n) is 9.90. The van der Waals surface area contributed by atoms with Gasteiger partial charge in [0.1, 0.15) is 5.82 Å². The quantitative estimate of drug-likeness (QED) is 0.714. The van der Waals surface area contributed by atoms with E-state index in [2.05, 4.69) is 38.2 Å². The van der Waals surface area contributed by atoms with Gasteiger partial charge in [-0.25, -0.2) is 0 Å². The fraction of sp³-hybridized carbons (Fsp3) is 0.381. The van der Waals surface area contributed by atoms with Crippen molar-refractivity contribution in [1.29, 1.82) is 0 Å². The summed E-state index contributed by atoms with van der Waals surface area (Å²) >= 11 is 0. The molecule has 0 atom stereocenters. The highest BCUT2D eigenvalue weighted by molar-refractivity contribution is 5.89. The summed E-state index contributed by atoms with van der Waals surface area (Å²) in [6, 6.07) is 16.0. The largest absolute Gasteiger partial charge is 0.354 e. The number of aryl methyl sites for hydroxylation is 1. The molecule has 0 aliphatic carbocycles. The molecule has 1 fully saturated rings. The highest BCUT2D eigenvalue weighted by atomic mass is 16.1. The molecule has 0 spiro atoms. The third-order valence-corrected chi connectivity index (χ3v) is 5.22. The van der Waals surface area contributed by atoms with Gasteiger partial charge >= 0.3 is 0 Å². The summed E-state index contributed by atoms with van der Waals surface area (Å²) in [5.74, 6) is 1.31. The predicted molar refractivity (Wildman–Crippen MR) is 111 cm³/mol. The minimum absolute atomic E-state index is 0.0714. The first kappa shape index (κ1) is 18.4. The lowest BCUT2D eigenvalue weighted by Gasteiger charge is -2.35. The number of nitrogens with zero attached hydrogens (tertiary/aromatic N) is 5. The predicted octanol–water partition coefficient (Wildman–Crippen LogP) is 2.44. The van der Waals surface area contributed by atoms with Crippen molar-refractivity contribution in [3.63, 3.8) is 0 Å². The van der Waals surface area contributed by atoms with E-state index < -0.39 is 0 Å². The summed E-state index contributed by atoms with van der Waals surface area (Å²) in [5.41, 5.74) is 1.89. The van der Waals surface area contributed by atoms with Gasteiger partial charge in [-0.15, -0.1) is 5.10 Å². The highest BCUT2D eigenvalue weighted by Crippen LogP contribution is 2.19. The van der Waals surface area contributed by atoms with Gasteiger partial charge in [0, 0.05) is 32.6 Å². The number of likely N-dealkylation sites (N-methyl/N-ethyl adjacent to an activating group) is 1. The van der Waals surface area contributed by atoms with Crippen LogP contribution in [0, 0.1) is 0 Å². The Morgan fingerprint density at radius 3 is 2.57 bits per heavy atom. The first-order chi connectivity index (χ1) is 13.7. The molecule has 0 saturated carbocycles. The van der Waals surface area contributed by atoms with E-state index in [-0.39, 0.29) is 5.91 Å². The highest BCUT2D eigenvalue weighted by Gasteiger charge is 2.19. The number of fused-ring (bicyclic) bond motifs is 1. The number of aromatic nitrogens is 3. The smallest absolute Gasteiger partial charge is 0.249 e. The average molecular weight is 378 g/mol. The van der Waals surface area contributed by atoms with E-state index in [0.717, 1.165) is 49.8 Å². The molecule has 0 radical (unpaired) electrons. The summed E-state index contributed by atoms with van der Waals surface area (Å²) < 4.78 is 1.83. The number of pyridine rings is 1. The van der Waals surface area contributed by atoms with Gasteiger partial charge in [0.05, 0.1) is 0 Å². The van der Waals surface area contributed by atoms with Gasteiger partial charge in [0.2, 0.25) is 11.9 Å². The number of carbonyl (C=O) groups is 1. The molecule has 1 amide bonds. The Kier molecular flexibility index (Phi) is 5.53. The molecule has 1 N–H and O–H groups in total. The number of hydrogen-bond donors (Lipinski definition) is 1. The lowest BCUT2D eigenvalue weighted by molar-refractivity contribution is -0.116. The lowest BCUT2D eigenvalue weighted by atomic mass is 10.1. The van der Waals surface area contributed by atoms with Crippen molar-refractivity contribution in [2.75, 3.05) is 42.9 Å². The molecule has 2 aromatic heterocycles. The molecule has 4 rings (SSSR count). The third kappa shape index (κ3) is 4.14. The molecule has 1 aromatic carbocycles. The first-order valence-corrected chi connectivity index (χ1v) is 9.90. The zero-order valence-electron chi connectivity index (χ0n) is 16.2. The molecular formula is C21H26N6O. The van der Waals surface area contributed by atoms with Crippen LogP contribution in [0.3, 0.4) is 0 Å². The monoisotopic (exact) mass is 378 g/mol. The number of rotatable bonds is 6. The molecule has 3 heterocycles. The number of piperazine rings is 1. The van der Waals surface area contributed by atoms with Crippen molar-refractivity contribution in [1.82, 2.24) is 19.5 Å². The molecule has 1 aliphatic heterocycles. The number of amides is 1. The Morgan fingerprint density at radius 1 is 1.04 bits per heavy atom. The Balaban J connectivity index is 1.44. The third-order valence-electron chi connectivity index (χ3n) is 5.22. The number of anilines is 2. The van der Waals surface area contributed by atoms with Crippen LogP contribution in [0.4, 0.5) is 11.8 Å². The average Bonchev–Trinajstić information content (AvgIpc) is 3.15. The van der Waals surface area contributed by atoms with Crippen LogP contribution in [-0.2, 0) is 11.2 Å². The van der Waals surface area contributed by atoms with Gasteiger partial charge < -0.3 is 9.80 Å². The number of nitrogens with one attached hydrogen (secondary N) is 1. The number of benzene rings is 1. The summed E-state index contributed by atoms with van der Waals surface area (Å²) in [7, 11) is 0. The van der Waals surface area contributed by atoms with Crippen LogP contribution in [-0.4, -0.2) is 58.1 Å². The summed E-state index contributed by atoms with van der Waals surface area (Å²) in [4.78, 5) is 21.5. The van der Waals surface area contributed by atoms with Crippen molar-refractivity contribution in [2.24, 2.45) is 0 Å². The van der Waals surface area contributed by atoms with E-state index in [1.807, 2.05) is 47.0 Å². The number of hydrogen-bond acceptors (Lipinski definition) is 5. The second-order valence-corrected chi connectivity index (χ2v) is 7.04. The van der Waals surface area contributed by atoms with Crippen LogP contribution >= 0.6 is 0 Å². The molecule has 28 heavy (non-hydrogen) atoms. The van der Waals surface area contributed by atoms with Crippen molar-refractivity contribution < 1.29 is 4.79 Å². The van der Waals surface area contributed by atoms with Gasteiger partial charge in [-0.05, 0) is 30.7 Å². The maximum Gasteiger partial charge on any atom is 0.249 e. The van der Waals surface area contributed by atoms with Crippen LogP contribution in [0.15, 0.2) is 48.5 Å². The molecule has 3 aromatic rings. The van der Waals surface area contributed by atoms with Gasteiger partial charge in [0.15, 0.2) is 5.65 Å². The topological polar surface area (TPSA) is 65.8 Å². The van der Waals surface area contributed by atoms with Gasteiger partial charge in [-0.1, -0.05) is 43.3 Å². The zero-order chi connectivity index (χ0) is 19.3. The second-order valence-electron chi connectivity index (χ2n) is 7.04. The van der Waals surface area contributed by atoms with Gasteiger partial charge in [-0.3, -0.25) is 10.1 Å². The van der Waals surface area contributed by atoms with Crippen LogP contribution in [0.2, 0.25) is 0 Å². The maximum atomic E-state index is 12.3. The fourth-order valence-electron chi connectivity index (χ4n) is 3.57. The summed E-state index contributed by atoms with van der Waals surface area (Å²) in [6.45, 7) is 7.30. The molecule has 146 valence electrons. The van der Waals surface area contributed by atoms with Crippen LogP contribution in [0.1, 0.15) is 18.9 Å². The van der Waals surface area contributed by atoms with E-state index >= 15 is 0 Å². The van der Waals surface area contributed by atoms with Crippen LogP contribution in [0.5, 0.6) is 0 Å². The Hall–Kier alpha value is -2.93. The normalized spacial score (nSPS) is 15.1. The lowest BCUT2D eigenvalue weighted by Crippen LogP contribution is -2.46. The van der Waals surface area contributed by atoms with Gasteiger partial charge in [0.25, 0.3) is 0 Å². The molecule has 0 bridgehead atoms. The van der Waals surface area contributed by atoms with Crippen molar-refractivity contribution >= 4 is 23.3 Å². The van der Waals surface area contributed by atoms with Crippen LogP contribution < -0.4 is 10.2 Å². The Morgan fingerprint density at radius 2 is 1.82 bits per heavy atom. The standard InChI is InChI=1S/C21H26N6O/c1-2-25-13-15-26(16-14-25)20-10-6-9-18-22-21(24-27(18)20)23-19(28)12-11-17-7-4-3-5-8-17/h3-10H,2,11-16H2,1H3,(H,23,24,28). The molecule has 1 aliphatic rings. The molecule has 7 heteroatoms. The molecule has 1 saturated heterocycles. The SMILES string of the molecule is CCN1CCN(c2cccc3nc(NC(=O)CCc4ccccc4)nn23)CC1. The van der Waals surface area contributed by atoms with Crippen molar-refractivity contribution in [3.05, 3.63) is 54.1 Å². The van der Waals surface area contributed by atoms with E-state index in [1.54, 1.807) is 0 Å². The fourth-order valence-corrected chi connectivity index (χ4v) is 3.57. The summed E-state index contributed by atoms with van der Waals surface area (Å²) in [5, 5.41) is 7.38.